The van der Waals surface area contributed by atoms with E-state index < -0.39 is 0 Å². The molecule has 6 aromatic rings. The summed E-state index contributed by atoms with van der Waals surface area (Å²) in [4.78, 5) is 8.66. The van der Waals surface area contributed by atoms with Gasteiger partial charge in [0.15, 0.2) is 0 Å². The van der Waals surface area contributed by atoms with E-state index in [0.29, 0.717) is 0 Å². The molecule has 39 heavy (non-hydrogen) atoms. The van der Waals surface area contributed by atoms with E-state index in [-0.39, 0.29) is 25.5 Å². The van der Waals surface area contributed by atoms with Gasteiger partial charge in [-0.3, -0.25) is 0 Å². The molecule has 0 aliphatic carbocycles. The molecule has 0 amide bonds. The zero-order valence-electron chi connectivity index (χ0n) is 22.5. The van der Waals surface area contributed by atoms with Gasteiger partial charge < -0.3 is 14.4 Å². The molecule has 0 bridgehead atoms. The Kier molecular flexibility index (Phi) is 8.91. The largest absolute Gasteiger partial charge is 0.461 e. The van der Waals surface area contributed by atoms with Crippen LogP contribution in [0.4, 0.5) is 0 Å². The van der Waals surface area contributed by atoms with E-state index in [2.05, 4.69) is 80.1 Å². The van der Waals surface area contributed by atoms with Crippen molar-refractivity contribution in [2.24, 2.45) is 0 Å². The second-order valence-corrected chi connectivity index (χ2v) is 10.2. The summed E-state index contributed by atoms with van der Waals surface area (Å²) in [5, 5.41) is 1.18. The van der Waals surface area contributed by atoms with Gasteiger partial charge in [0.25, 0.3) is 0 Å². The molecule has 3 heterocycles. The number of furan rings is 1. The SMILES string of the molecule is Cc1c(-c2cc[c-]c(-c3ccccn3)c2)ccc2oc(C(C)(C)C)cc12.[Ir].[c-]1ccccc1-c1ccccn1. The first-order valence-corrected chi connectivity index (χ1v) is 12.8. The van der Waals surface area contributed by atoms with Crippen molar-refractivity contribution in [2.45, 2.75) is 33.1 Å². The Hall–Kier alpha value is -3.85. The van der Waals surface area contributed by atoms with Crippen molar-refractivity contribution in [1.29, 1.82) is 0 Å². The quantitative estimate of drug-likeness (QED) is 0.174. The number of hydrogen-bond acceptors (Lipinski definition) is 3. The molecule has 3 aromatic carbocycles. The minimum atomic E-state index is -0.000517. The molecule has 0 fully saturated rings. The van der Waals surface area contributed by atoms with Gasteiger partial charge in [-0.2, -0.15) is 0 Å². The molecule has 0 aliphatic heterocycles. The van der Waals surface area contributed by atoms with E-state index in [4.69, 9.17) is 4.42 Å². The van der Waals surface area contributed by atoms with Gasteiger partial charge in [-0.1, -0.05) is 51.1 Å². The fourth-order valence-corrected chi connectivity index (χ4v) is 4.31. The molecule has 0 saturated heterocycles. The molecule has 197 valence electrons. The van der Waals surface area contributed by atoms with Gasteiger partial charge in [0.1, 0.15) is 11.3 Å². The minimum Gasteiger partial charge on any atom is -0.461 e. The molecule has 6 rings (SSSR count). The Bertz CT molecular complexity index is 1600. The van der Waals surface area contributed by atoms with Crippen molar-refractivity contribution in [2.75, 3.05) is 0 Å². The molecule has 0 atom stereocenters. The molecule has 0 saturated carbocycles. The molecule has 0 unspecified atom stereocenters. The summed E-state index contributed by atoms with van der Waals surface area (Å²) in [6.07, 6.45) is 3.60. The summed E-state index contributed by atoms with van der Waals surface area (Å²) >= 11 is 0. The molecule has 4 heteroatoms. The third kappa shape index (κ3) is 6.60. The predicted molar refractivity (Wildman–Crippen MR) is 156 cm³/mol. The van der Waals surface area contributed by atoms with Crippen LogP contribution in [0.5, 0.6) is 0 Å². The minimum absolute atomic E-state index is 0. The Morgan fingerprint density at radius 3 is 1.97 bits per heavy atom. The van der Waals surface area contributed by atoms with Crippen LogP contribution in [0.3, 0.4) is 0 Å². The van der Waals surface area contributed by atoms with E-state index in [0.717, 1.165) is 33.9 Å². The van der Waals surface area contributed by atoms with Crippen molar-refractivity contribution in [3.05, 3.63) is 133 Å². The maximum atomic E-state index is 6.08. The topological polar surface area (TPSA) is 38.9 Å². The monoisotopic (exact) mass is 687 g/mol. The molecule has 3 nitrogen and oxygen atoms in total. The Labute approximate surface area is 244 Å². The number of pyridine rings is 2. The first kappa shape index (κ1) is 28.2. The van der Waals surface area contributed by atoms with Gasteiger partial charge in [-0.15, -0.1) is 71.3 Å². The smallest absolute Gasteiger partial charge is 0.134 e. The van der Waals surface area contributed by atoms with Gasteiger partial charge in [0, 0.05) is 43.3 Å². The molecule has 0 N–H and O–H groups in total. The van der Waals surface area contributed by atoms with E-state index in [1.54, 1.807) is 6.20 Å². The van der Waals surface area contributed by atoms with Crippen LogP contribution in [0.25, 0.3) is 44.6 Å². The van der Waals surface area contributed by atoms with Crippen molar-refractivity contribution < 1.29 is 24.5 Å². The maximum Gasteiger partial charge on any atom is 0.134 e. The fraction of sp³-hybridized carbons (Fsp3) is 0.143. The van der Waals surface area contributed by atoms with Gasteiger partial charge in [0.2, 0.25) is 0 Å². The second kappa shape index (κ2) is 12.3. The standard InChI is InChI=1S/C24H22NO.C11H8N.Ir/c1-16-19(11-12-22-20(16)15-23(26-22)24(2,3)4)17-8-7-9-18(14-17)21-10-5-6-13-25-21;1-2-6-10(7-3-1)11-8-4-5-9-12-11;/h5-8,10-15H,1-4H3;1-6,8-9H;/q2*-1;. The summed E-state index contributed by atoms with van der Waals surface area (Å²) in [5.41, 5.74) is 8.52. The summed E-state index contributed by atoms with van der Waals surface area (Å²) in [7, 11) is 0. The number of aryl methyl sites for hydroxylation is 1. The number of aromatic nitrogens is 2. The van der Waals surface area contributed by atoms with E-state index >= 15 is 0 Å². The van der Waals surface area contributed by atoms with Gasteiger partial charge in [-0.25, -0.2) is 0 Å². The number of nitrogens with zero attached hydrogens (tertiary/aromatic N) is 2. The molecular weight excluding hydrogens is 657 g/mol. The molecule has 3 aromatic heterocycles. The van der Waals surface area contributed by atoms with Gasteiger partial charge >= 0.3 is 0 Å². The fourth-order valence-electron chi connectivity index (χ4n) is 4.31. The Morgan fingerprint density at radius 2 is 1.36 bits per heavy atom. The van der Waals surface area contributed by atoms with E-state index in [1.807, 2.05) is 72.9 Å². The second-order valence-electron chi connectivity index (χ2n) is 10.2. The van der Waals surface area contributed by atoms with Crippen LogP contribution in [0.2, 0.25) is 0 Å². The average molecular weight is 687 g/mol. The average Bonchev–Trinajstić information content (AvgIpc) is 3.42. The number of hydrogen-bond donors (Lipinski definition) is 0. The van der Waals surface area contributed by atoms with E-state index in [9.17, 15) is 0 Å². The van der Waals surface area contributed by atoms with Crippen LogP contribution in [-0.4, -0.2) is 9.97 Å². The summed E-state index contributed by atoms with van der Waals surface area (Å²) in [6.45, 7) is 8.68. The van der Waals surface area contributed by atoms with Crippen molar-refractivity contribution in [3.8, 4) is 33.6 Å². The van der Waals surface area contributed by atoms with E-state index in [1.165, 1.54) is 22.1 Å². The summed E-state index contributed by atoms with van der Waals surface area (Å²) in [5.74, 6) is 1.02. The first-order chi connectivity index (χ1) is 18.4. The van der Waals surface area contributed by atoms with Crippen LogP contribution >= 0.6 is 0 Å². The van der Waals surface area contributed by atoms with Crippen LogP contribution < -0.4 is 0 Å². The Morgan fingerprint density at radius 1 is 0.692 bits per heavy atom. The molecule has 1 radical (unpaired) electrons. The molecular formula is C35H30IrN2O-2. The molecule has 0 aliphatic rings. The van der Waals surface area contributed by atoms with Crippen molar-refractivity contribution >= 4 is 11.0 Å². The zero-order chi connectivity index (χ0) is 26.5. The normalized spacial score (nSPS) is 10.9. The van der Waals surface area contributed by atoms with Crippen LogP contribution in [-0.2, 0) is 25.5 Å². The van der Waals surface area contributed by atoms with Crippen LogP contribution in [0, 0.1) is 19.1 Å². The summed E-state index contributed by atoms with van der Waals surface area (Å²) in [6, 6.07) is 38.7. The third-order valence-corrected chi connectivity index (χ3v) is 6.41. The zero-order valence-corrected chi connectivity index (χ0v) is 24.9. The number of benzene rings is 3. The summed E-state index contributed by atoms with van der Waals surface area (Å²) < 4.78 is 6.08. The van der Waals surface area contributed by atoms with Gasteiger partial charge in [-0.05, 0) is 53.7 Å². The maximum absolute atomic E-state index is 6.08. The number of fused-ring (bicyclic) bond motifs is 1. The first-order valence-electron chi connectivity index (χ1n) is 12.8. The van der Waals surface area contributed by atoms with Crippen molar-refractivity contribution in [1.82, 2.24) is 9.97 Å². The number of rotatable bonds is 3. The van der Waals surface area contributed by atoms with Gasteiger partial charge in [0.05, 0.1) is 0 Å². The van der Waals surface area contributed by atoms with Crippen LogP contribution in [0.1, 0.15) is 32.1 Å². The third-order valence-electron chi connectivity index (χ3n) is 6.41. The van der Waals surface area contributed by atoms with Crippen LogP contribution in [0.15, 0.2) is 114 Å². The Balaban J connectivity index is 0.000000228. The van der Waals surface area contributed by atoms with Crippen molar-refractivity contribution in [3.63, 3.8) is 0 Å². The predicted octanol–water partition coefficient (Wildman–Crippen LogP) is 9.11. The molecule has 0 spiro atoms.